The molecular formula is C21H25N5O3S. The second-order valence-electron chi connectivity index (χ2n) is 7.63. The van der Waals surface area contributed by atoms with Crippen molar-refractivity contribution in [2.45, 2.75) is 57.3 Å². The minimum absolute atomic E-state index is 0.0752. The summed E-state index contributed by atoms with van der Waals surface area (Å²) in [6, 6.07) is 6.21. The van der Waals surface area contributed by atoms with Crippen LogP contribution < -0.4 is 5.73 Å². The molecule has 0 bridgehead atoms. The van der Waals surface area contributed by atoms with Crippen molar-refractivity contribution in [3.8, 4) is 0 Å². The number of aromatic nitrogens is 4. The Morgan fingerprint density at radius 2 is 2.10 bits per heavy atom. The molecule has 0 aromatic carbocycles. The number of thioether (sulfide) groups is 1. The van der Waals surface area contributed by atoms with E-state index in [9.17, 15) is 9.59 Å². The number of nitrogens with two attached hydrogens (primary N) is 1. The van der Waals surface area contributed by atoms with E-state index in [2.05, 4.69) is 21.7 Å². The first-order chi connectivity index (χ1) is 14.4. The number of amides is 1. The van der Waals surface area contributed by atoms with Crippen molar-refractivity contribution >= 4 is 23.5 Å². The third-order valence-corrected chi connectivity index (χ3v) is 6.28. The molecule has 9 heteroatoms. The molecule has 0 aliphatic heterocycles. The van der Waals surface area contributed by atoms with Gasteiger partial charge < -0.3 is 14.7 Å². The molecule has 1 fully saturated rings. The summed E-state index contributed by atoms with van der Waals surface area (Å²) in [5.74, 6) is 1.34. The molecule has 1 aliphatic carbocycles. The van der Waals surface area contributed by atoms with E-state index in [-0.39, 0.29) is 18.0 Å². The van der Waals surface area contributed by atoms with Crippen LogP contribution in [-0.2, 0) is 17.8 Å². The average molecular weight is 428 g/mol. The fraction of sp³-hybridized carbons (Fsp3) is 0.429. The molecule has 3 heterocycles. The zero-order valence-corrected chi connectivity index (χ0v) is 17.9. The van der Waals surface area contributed by atoms with Gasteiger partial charge in [0, 0.05) is 35.8 Å². The van der Waals surface area contributed by atoms with Gasteiger partial charge in [0.1, 0.15) is 11.6 Å². The molecule has 0 radical (unpaired) electrons. The second kappa shape index (κ2) is 8.51. The Hall–Kier alpha value is -2.81. The Labute approximate surface area is 178 Å². The van der Waals surface area contributed by atoms with Gasteiger partial charge in [-0.2, -0.15) is 0 Å². The third kappa shape index (κ3) is 4.35. The lowest BCUT2D eigenvalue weighted by molar-refractivity contribution is -0.118. The molecular weight excluding hydrogens is 402 g/mol. The molecule has 1 amide bonds. The average Bonchev–Trinajstić information content (AvgIpc) is 3.13. The monoisotopic (exact) mass is 427 g/mol. The highest BCUT2D eigenvalue weighted by atomic mass is 32.2. The maximum absolute atomic E-state index is 12.9. The number of carbonyl (C=O) groups excluding carboxylic acids is 2. The van der Waals surface area contributed by atoms with Crippen molar-refractivity contribution in [2.24, 2.45) is 5.73 Å². The maximum Gasteiger partial charge on any atom is 0.217 e. The fourth-order valence-electron chi connectivity index (χ4n) is 3.72. The quantitative estimate of drug-likeness (QED) is 0.393. The number of Topliss-reactive ketones (excluding diaryl/α,β-unsaturated/α-hetero) is 1. The normalized spacial score (nSPS) is 13.7. The Balaban J connectivity index is 1.50. The van der Waals surface area contributed by atoms with Crippen LogP contribution in [0.15, 0.2) is 34.0 Å². The van der Waals surface area contributed by atoms with Crippen LogP contribution >= 0.6 is 11.8 Å². The molecule has 0 saturated heterocycles. The molecule has 4 rings (SSSR count). The summed E-state index contributed by atoms with van der Waals surface area (Å²) in [5, 5.41) is 9.08. The summed E-state index contributed by atoms with van der Waals surface area (Å²) in [7, 11) is 0. The molecule has 1 aliphatic rings. The van der Waals surface area contributed by atoms with E-state index in [1.165, 1.54) is 24.6 Å². The highest BCUT2D eigenvalue weighted by Crippen LogP contribution is 2.38. The molecule has 8 nitrogen and oxygen atoms in total. The van der Waals surface area contributed by atoms with Gasteiger partial charge in [-0.3, -0.25) is 14.2 Å². The molecule has 3 aromatic heterocycles. The number of primary amides is 1. The summed E-state index contributed by atoms with van der Waals surface area (Å²) in [6.07, 6.45) is 4.55. The minimum atomic E-state index is -0.391. The lowest BCUT2D eigenvalue weighted by atomic mass is 10.2. The summed E-state index contributed by atoms with van der Waals surface area (Å²) in [6.45, 7) is 4.51. The van der Waals surface area contributed by atoms with E-state index in [0.717, 1.165) is 22.7 Å². The Kier molecular flexibility index (Phi) is 5.80. The molecule has 0 atom stereocenters. The number of carbonyl (C=O) groups is 2. The van der Waals surface area contributed by atoms with Crippen LogP contribution in [-0.4, -0.2) is 36.8 Å². The molecule has 0 spiro atoms. The highest BCUT2D eigenvalue weighted by Gasteiger charge is 2.28. The lowest BCUT2D eigenvalue weighted by Crippen LogP contribution is -2.14. The van der Waals surface area contributed by atoms with Crippen LogP contribution in [0.25, 0.3) is 0 Å². The molecule has 30 heavy (non-hydrogen) atoms. The predicted molar refractivity (Wildman–Crippen MR) is 113 cm³/mol. The minimum Gasteiger partial charge on any atom is -0.467 e. The summed E-state index contributed by atoms with van der Waals surface area (Å²) < 4.78 is 9.61. The fourth-order valence-corrected chi connectivity index (χ4v) is 4.56. The van der Waals surface area contributed by atoms with Gasteiger partial charge in [0.15, 0.2) is 10.9 Å². The Morgan fingerprint density at radius 1 is 1.30 bits per heavy atom. The van der Waals surface area contributed by atoms with E-state index in [1.54, 1.807) is 6.26 Å². The number of nitrogens with zero attached hydrogens (tertiary/aromatic N) is 4. The van der Waals surface area contributed by atoms with E-state index in [0.29, 0.717) is 30.0 Å². The largest absolute Gasteiger partial charge is 0.467 e. The number of hydrogen-bond acceptors (Lipinski definition) is 6. The zero-order valence-electron chi connectivity index (χ0n) is 17.1. The molecule has 1 saturated carbocycles. The van der Waals surface area contributed by atoms with Crippen molar-refractivity contribution in [1.82, 2.24) is 19.3 Å². The van der Waals surface area contributed by atoms with Gasteiger partial charge in [-0.15, -0.1) is 10.2 Å². The van der Waals surface area contributed by atoms with E-state index in [1.807, 2.05) is 29.7 Å². The summed E-state index contributed by atoms with van der Waals surface area (Å²) >= 11 is 1.35. The number of hydrogen-bond donors (Lipinski definition) is 1. The first-order valence-electron chi connectivity index (χ1n) is 10.0. The summed E-state index contributed by atoms with van der Waals surface area (Å²) in [5.41, 5.74) is 8.24. The molecule has 158 valence electrons. The topological polar surface area (TPSA) is 109 Å². The van der Waals surface area contributed by atoms with Gasteiger partial charge in [-0.1, -0.05) is 11.8 Å². The number of furan rings is 1. The van der Waals surface area contributed by atoms with Crippen LogP contribution in [0.2, 0.25) is 0 Å². The Morgan fingerprint density at radius 3 is 2.77 bits per heavy atom. The van der Waals surface area contributed by atoms with Crippen molar-refractivity contribution in [2.75, 3.05) is 5.75 Å². The van der Waals surface area contributed by atoms with Gasteiger partial charge in [0.25, 0.3) is 0 Å². The predicted octanol–water partition coefficient (Wildman–Crippen LogP) is 3.07. The van der Waals surface area contributed by atoms with E-state index < -0.39 is 5.91 Å². The highest BCUT2D eigenvalue weighted by molar-refractivity contribution is 7.99. The van der Waals surface area contributed by atoms with Crippen LogP contribution in [0.3, 0.4) is 0 Å². The van der Waals surface area contributed by atoms with Gasteiger partial charge in [0.2, 0.25) is 5.91 Å². The number of ketones is 1. The first-order valence-corrected chi connectivity index (χ1v) is 11.0. The van der Waals surface area contributed by atoms with Crippen LogP contribution in [0.4, 0.5) is 0 Å². The number of rotatable bonds is 10. The summed E-state index contributed by atoms with van der Waals surface area (Å²) in [4.78, 5) is 24.1. The molecule has 2 N–H and O–H groups in total. The van der Waals surface area contributed by atoms with Crippen LogP contribution in [0.5, 0.6) is 0 Å². The van der Waals surface area contributed by atoms with E-state index >= 15 is 0 Å². The van der Waals surface area contributed by atoms with Crippen molar-refractivity contribution < 1.29 is 14.0 Å². The smallest absolute Gasteiger partial charge is 0.217 e. The SMILES string of the molecule is Cc1cc(C(=O)CSc2nnc(CCC(N)=O)n2Cc2ccco2)c(C)n1C1CC1. The Bertz CT molecular complexity index is 1060. The van der Waals surface area contributed by atoms with Crippen LogP contribution in [0.1, 0.15) is 58.6 Å². The van der Waals surface area contributed by atoms with Gasteiger partial charge >= 0.3 is 0 Å². The maximum atomic E-state index is 12.9. The zero-order chi connectivity index (χ0) is 21.3. The lowest BCUT2D eigenvalue weighted by Gasteiger charge is -2.09. The van der Waals surface area contributed by atoms with Crippen LogP contribution in [0, 0.1) is 13.8 Å². The first kappa shape index (κ1) is 20.5. The van der Waals surface area contributed by atoms with Crippen molar-refractivity contribution in [3.63, 3.8) is 0 Å². The van der Waals surface area contributed by atoms with Crippen molar-refractivity contribution in [1.29, 1.82) is 0 Å². The number of aryl methyl sites for hydroxylation is 2. The van der Waals surface area contributed by atoms with Crippen molar-refractivity contribution in [3.05, 3.63) is 53.0 Å². The van der Waals surface area contributed by atoms with E-state index in [4.69, 9.17) is 10.2 Å². The standard InChI is InChI=1S/C21H25N5O3S/c1-13-10-17(14(2)26(13)15-5-6-15)18(27)12-30-21-24-23-20(8-7-19(22)28)25(21)11-16-4-3-9-29-16/h3-4,9-10,15H,5-8,11-12H2,1-2H3,(H2,22,28). The molecule has 0 unspecified atom stereocenters. The second-order valence-corrected chi connectivity index (χ2v) is 8.57. The third-order valence-electron chi connectivity index (χ3n) is 5.31. The van der Waals surface area contributed by atoms with Gasteiger partial charge in [-0.05, 0) is 44.9 Å². The molecule has 3 aromatic rings. The van der Waals surface area contributed by atoms with Gasteiger partial charge in [-0.25, -0.2) is 0 Å². The van der Waals surface area contributed by atoms with Gasteiger partial charge in [0.05, 0.1) is 18.6 Å².